The monoisotopic (exact) mass is 651 g/mol. The SMILES string of the molecule is CC(C)(CCCCc1cn(C2O[C@H](COCc3ccccc3)[C@@H](OCc3ccccc3)[C@@]2(C)O)c2ncnc(Cl)c12)[Si](C)(C)O. The highest BCUT2D eigenvalue weighted by Crippen LogP contribution is 2.44. The predicted octanol–water partition coefficient (Wildman–Crippen LogP) is 7.23. The zero-order valence-corrected chi connectivity index (χ0v) is 28.7. The topological polar surface area (TPSA) is 98.9 Å². The third kappa shape index (κ3) is 7.68. The Morgan fingerprint density at radius 2 is 1.64 bits per heavy atom. The van der Waals surface area contributed by atoms with Gasteiger partial charge in [0.2, 0.25) is 0 Å². The van der Waals surface area contributed by atoms with Gasteiger partial charge in [0.25, 0.3) is 0 Å². The molecule has 10 heteroatoms. The lowest BCUT2D eigenvalue weighted by molar-refractivity contribution is -0.114. The zero-order chi connectivity index (χ0) is 32.2. The van der Waals surface area contributed by atoms with E-state index >= 15 is 0 Å². The van der Waals surface area contributed by atoms with Gasteiger partial charge in [-0.2, -0.15) is 0 Å². The Bertz CT molecular complexity index is 1540. The Hall–Kier alpha value is -2.63. The maximum Gasteiger partial charge on any atom is 0.188 e. The molecule has 0 aliphatic carbocycles. The van der Waals surface area contributed by atoms with Gasteiger partial charge in [0, 0.05) is 6.20 Å². The number of benzene rings is 2. The first-order chi connectivity index (χ1) is 21.4. The van der Waals surface area contributed by atoms with Gasteiger partial charge in [0.1, 0.15) is 34.9 Å². The van der Waals surface area contributed by atoms with Crippen LogP contribution in [0.15, 0.2) is 73.2 Å². The van der Waals surface area contributed by atoms with E-state index in [1.54, 1.807) is 6.92 Å². The molecule has 242 valence electrons. The van der Waals surface area contributed by atoms with Gasteiger partial charge in [-0.25, -0.2) is 9.97 Å². The molecule has 8 nitrogen and oxygen atoms in total. The minimum absolute atomic E-state index is 0.0789. The molecule has 5 rings (SSSR count). The summed E-state index contributed by atoms with van der Waals surface area (Å²) in [6.07, 6.45) is 4.99. The predicted molar refractivity (Wildman–Crippen MR) is 179 cm³/mol. The summed E-state index contributed by atoms with van der Waals surface area (Å²) < 4.78 is 21.0. The van der Waals surface area contributed by atoms with Crippen LogP contribution < -0.4 is 0 Å². The first kappa shape index (κ1) is 33.7. The number of halogens is 1. The minimum atomic E-state index is -2.28. The zero-order valence-electron chi connectivity index (χ0n) is 26.9. The average Bonchev–Trinajstić information content (AvgIpc) is 3.48. The van der Waals surface area contributed by atoms with Crippen LogP contribution in [0.3, 0.4) is 0 Å². The van der Waals surface area contributed by atoms with Gasteiger partial charge in [-0.1, -0.05) is 92.5 Å². The van der Waals surface area contributed by atoms with Crippen molar-refractivity contribution >= 4 is 31.0 Å². The number of hydrogen-bond acceptors (Lipinski definition) is 7. The molecule has 2 N–H and O–H groups in total. The highest BCUT2D eigenvalue weighted by Gasteiger charge is 2.55. The molecule has 0 saturated carbocycles. The van der Waals surface area contributed by atoms with Crippen molar-refractivity contribution in [2.24, 2.45) is 0 Å². The molecule has 45 heavy (non-hydrogen) atoms. The number of ether oxygens (including phenoxy) is 3. The van der Waals surface area contributed by atoms with E-state index in [-0.39, 0.29) is 11.6 Å². The molecule has 2 aromatic heterocycles. The first-order valence-corrected chi connectivity index (χ1v) is 19.1. The summed E-state index contributed by atoms with van der Waals surface area (Å²) >= 11 is 6.66. The van der Waals surface area contributed by atoms with Crippen LogP contribution in [0.1, 0.15) is 63.0 Å². The van der Waals surface area contributed by atoms with Gasteiger partial charge in [-0.3, -0.25) is 0 Å². The molecule has 1 unspecified atom stereocenters. The van der Waals surface area contributed by atoms with Crippen LogP contribution in [-0.2, 0) is 33.8 Å². The standard InChI is InChI=1S/C35H46ClN3O5Si/c1-34(2,45(4,5)41)19-13-12-18-27-20-39(32-29(27)31(36)37-24-38-32)33-35(3,40)30(43-22-26-16-10-7-11-17-26)28(44-33)23-42-21-25-14-8-6-9-15-25/h6-11,14-17,20,24,28,30,33,40-41H,12-13,18-19,21-23H2,1-5H3/t28-,30-,33?,35-/m1/s1. The molecule has 4 aromatic rings. The third-order valence-electron chi connectivity index (χ3n) is 9.43. The number of nitrogens with zero attached hydrogens (tertiary/aromatic N) is 3. The molecule has 0 spiro atoms. The molecule has 0 amide bonds. The Balaban J connectivity index is 1.39. The fourth-order valence-electron chi connectivity index (χ4n) is 5.95. The molecule has 0 radical (unpaired) electrons. The number of aryl methyl sites for hydroxylation is 1. The summed E-state index contributed by atoms with van der Waals surface area (Å²) in [6, 6.07) is 19.9. The highest BCUT2D eigenvalue weighted by atomic mass is 35.5. The highest BCUT2D eigenvalue weighted by molar-refractivity contribution is 6.72. The second-order valence-corrected chi connectivity index (χ2v) is 18.4. The number of aromatic nitrogens is 3. The van der Waals surface area contributed by atoms with Gasteiger partial charge < -0.3 is 28.7 Å². The van der Waals surface area contributed by atoms with Crippen molar-refractivity contribution in [1.82, 2.24) is 14.5 Å². The third-order valence-corrected chi connectivity index (χ3v) is 13.3. The van der Waals surface area contributed by atoms with E-state index < -0.39 is 32.4 Å². The van der Waals surface area contributed by atoms with Crippen LogP contribution in [0.5, 0.6) is 0 Å². The molecule has 0 bridgehead atoms. The van der Waals surface area contributed by atoms with Crippen molar-refractivity contribution in [1.29, 1.82) is 0 Å². The Kier molecular flexibility index (Phi) is 10.5. The van der Waals surface area contributed by atoms with Crippen molar-refractivity contribution in [3.8, 4) is 0 Å². The number of hydrogen-bond donors (Lipinski definition) is 2. The lowest BCUT2D eigenvalue weighted by Gasteiger charge is -2.35. The second-order valence-electron chi connectivity index (χ2n) is 13.5. The molecule has 3 heterocycles. The molecule has 1 aliphatic heterocycles. The summed E-state index contributed by atoms with van der Waals surface area (Å²) in [4.78, 5) is 19.6. The molecular formula is C35H46ClN3O5Si. The maximum atomic E-state index is 12.1. The minimum Gasteiger partial charge on any atom is -0.432 e. The fourth-order valence-corrected chi connectivity index (χ4v) is 6.98. The van der Waals surface area contributed by atoms with Crippen LogP contribution in [0.2, 0.25) is 23.3 Å². The number of unbranched alkanes of at least 4 members (excludes halogenated alkanes) is 1. The van der Waals surface area contributed by atoms with Gasteiger partial charge in [-0.05, 0) is 61.0 Å². The van der Waals surface area contributed by atoms with E-state index in [0.717, 1.165) is 47.8 Å². The molecule has 1 fully saturated rings. The van der Waals surface area contributed by atoms with Crippen molar-refractivity contribution in [3.05, 3.63) is 95.0 Å². The quantitative estimate of drug-likeness (QED) is 0.0843. The van der Waals surface area contributed by atoms with Crippen LogP contribution >= 0.6 is 11.6 Å². The Morgan fingerprint density at radius 1 is 1.00 bits per heavy atom. The van der Waals surface area contributed by atoms with Gasteiger partial charge >= 0.3 is 0 Å². The largest absolute Gasteiger partial charge is 0.432 e. The van der Waals surface area contributed by atoms with Crippen molar-refractivity contribution in [3.63, 3.8) is 0 Å². The first-order valence-electron chi connectivity index (χ1n) is 15.8. The van der Waals surface area contributed by atoms with Crippen LogP contribution in [0.25, 0.3) is 11.0 Å². The van der Waals surface area contributed by atoms with Crippen LogP contribution in [0, 0.1) is 0 Å². The number of fused-ring (bicyclic) bond motifs is 1. The fraction of sp³-hybridized carbons (Fsp3) is 0.486. The lowest BCUT2D eigenvalue weighted by Crippen LogP contribution is -2.46. The Morgan fingerprint density at radius 3 is 2.29 bits per heavy atom. The molecule has 1 saturated heterocycles. The second kappa shape index (κ2) is 14.0. The summed E-state index contributed by atoms with van der Waals surface area (Å²) in [6.45, 7) is 11.1. The van der Waals surface area contributed by atoms with E-state index in [1.807, 2.05) is 84.5 Å². The maximum absolute atomic E-state index is 12.1. The lowest BCUT2D eigenvalue weighted by atomic mass is 9.96. The van der Waals surface area contributed by atoms with Crippen LogP contribution in [-0.4, -0.2) is 57.2 Å². The number of aliphatic hydroxyl groups is 1. The average molecular weight is 652 g/mol. The summed E-state index contributed by atoms with van der Waals surface area (Å²) in [5, 5.41) is 13.2. The van der Waals surface area contributed by atoms with Gasteiger partial charge in [0.15, 0.2) is 14.5 Å². The molecular weight excluding hydrogens is 606 g/mol. The Labute approximate surface area is 272 Å². The molecule has 1 aliphatic rings. The normalized spacial score (nSPS) is 22.4. The van der Waals surface area contributed by atoms with E-state index in [2.05, 4.69) is 23.8 Å². The summed E-state index contributed by atoms with van der Waals surface area (Å²) in [5.41, 5.74) is 2.24. The van der Waals surface area contributed by atoms with E-state index in [9.17, 15) is 9.90 Å². The molecule has 2 aromatic carbocycles. The van der Waals surface area contributed by atoms with E-state index in [0.29, 0.717) is 24.0 Å². The number of rotatable bonds is 14. The van der Waals surface area contributed by atoms with Crippen molar-refractivity contribution in [2.45, 2.75) is 102 Å². The molecule has 4 atom stereocenters. The van der Waals surface area contributed by atoms with E-state index in [1.165, 1.54) is 6.33 Å². The summed E-state index contributed by atoms with van der Waals surface area (Å²) in [7, 11) is -2.28. The van der Waals surface area contributed by atoms with Crippen molar-refractivity contribution in [2.75, 3.05) is 6.61 Å². The van der Waals surface area contributed by atoms with Gasteiger partial charge in [-0.15, -0.1) is 0 Å². The van der Waals surface area contributed by atoms with Crippen LogP contribution in [0.4, 0.5) is 0 Å². The van der Waals surface area contributed by atoms with Crippen molar-refractivity contribution < 1.29 is 24.1 Å². The smallest absolute Gasteiger partial charge is 0.188 e. The summed E-state index contributed by atoms with van der Waals surface area (Å²) in [5.74, 6) is 0. The van der Waals surface area contributed by atoms with E-state index in [4.69, 9.17) is 25.8 Å². The van der Waals surface area contributed by atoms with Gasteiger partial charge in [0.05, 0.1) is 25.2 Å².